The molecule has 1 saturated heterocycles. The quantitative estimate of drug-likeness (QED) is 0.756. The van der Waals surface area contributed by atoms with Crippen molar-refractivity contribution in [2.75, 3.05) is 0 Å². The Balaban J connectivity index is 1.92. The molecule has 1 aromatic rings. The van der Waals surface area contributed by atoms with E-state index in [0.717, 1.165) is 12.8 Å². The molecule has 0 bridgehead atoms. The Morgan fingerprint density at radius 3 is 2.73 bits per heavy atom. The Hall–Kier alpha value is -1.35. The number of benzene rings is 1. The summed E-state index contributed by atoms with van der Waals surface area (Å²) in [5.41, 5.74) is 7.18. The first-order chi connectivity index (χ1) is 7.25. The van der Waals surface area contributed by atoms with Crippen molar-refractivity contribution in [2.45, 2.75) is 31.4 Å². The first-order valence-electron chi connectivity index (χ1n) is 5.24. The van der Waals surface area contributed by atoms with E-state index in [2.05, 4.69) is 0 Å². The summed E-state index contributed by atoms with van der Waals surface area (Å²) in [6.07, 6.45) is 1.93. The van der Waals surface area contributed by atoms with Crippen LogP contribution in [0.3, 0.4) is 0 Å². The standard InChI is InChI=1S/C12H15NO2/c13-10(11-6-7-12(14)15-11)8-9-4-2-1-3-5-9/h1-5,10-11H,6-8,13H2/t10-,11-/m0/s1. The lowest BCUT2D eigenvalue weighted by Crippen LogP contribution is -2.36. The van der Waals surface area contributed by atoms with Gasteiger partial charge in [0.15, 0.2) is 0 Å². The lowest BCUT2D eigenvalue weighted by Gasteiger charge is -2.17. The average molecular weight is 205 g/mol. The summed E-state index contributed by atoms with van der Waals surface area (Å²) < 4.78 is 5.13. The normalized spacial score (nSPS) is 22.5. The fourth-order valence-electron chi connectivity index (χ4n) is 1.87. The van der Waals surface area contributed by atoms with Crippen molar-refractivity contribution in [3.8, 4) is 0 Å². The second kappa shape index (κ2) is 4.45. The van der Waals surface area contributed by atoms with Crippen molar-refractivity contribution in [1.82, 2.24) is 0 Å². The van der Waals surface area contributed by atoms with Crippen LogP contribution in [0.4, 0.5) is 0 Å². The van der Waals surface area contributed by atoms with Crippen LogP contribution in [0.15, 0.2) is 30.3 Å². The zero-order valence-electron chi connectivity index (χ0n) is 8.56. The third-order valence-corrected chi connectivity index (χ3v) is 2.71. The monoisotopic (exact) mass is 205 g/mol. The van der Waals surface area contributed by atoms with Crippen LogP contribution >= 0.6 is 0 Å². The predicted molar refractivity (Wildman–Crippen MR) is 57.2 cm³/mol. The van der Waals surface area contributed by atoms with Gasteiger partial charge >= 0.3 is 5.97 Å². The third-order valence-electron chi connectivity index (χ3n) is 2.71. The van der Waals surface area contributed by atoms with Crippen molar-refractivity contribution in [3.63, 3.8) is 0 Å². The maximum absolute atomic E-state index is 10.9. The third kappa shape index (κ3) is 2.57. The number of hydrogen-bond donors (Lipinski definition) is 1. The maximum Gasteiger partial charge on any atom is 0.306 e. The van der Waals surface area contributed by atoms with Gasteiger partial charge in [-0.3, -0.25) is 4.79 Å². The lowest BCUT2D eigenvalue weighted by atomic mass is 10.0. The first kappa shape index (κ1) is 10.2. The lowest BCUT2D eigenvalue weighted by molar-refractivity contribution is -0.142. The minimum Gasteiger partial charge on any atom is -0.461 e. The van der Waals surface area contributed by atoms with Gasteiger partial charge in [0.2, 0.25) is 0 Å². The van der Waals surface area contributed by atoms with E-state index in [1.807, 2.05) is 30.3 Å². The molecular weight excluding hydrogens is 190 g/mol. The molecular formula is C12H15NO2. The second-order valence-electron chi connectivity index (χ2n) is 3.92. The topological polar surface area (TPSA) is 52.3 Å². The SMILES string of the molecule is N[C@@H](Cc1ccccc1)[C@@H]1CCC(=O)O1. The molecule has 0 radical (unpaired) electrons. The Morgan fingerprint density at radius 1 is 1.40 bits per heavy atom. The van der Waals surface area contributed by atoms with E-state index in [-0.39, 0.29) is 18.1 Å². The van der Waals surface area contributed by atoms with Crippen molar-refractivity contribution in [3.05, 3.63) is 35.9 Å². The zero-order valence-corrected chi connectivity index (χ0v) is 8.56. The number of ether oxygens (including phenoxy) is 1. The van der Waals surface area contributed by atoms with Crippen molar-refractivity contribution in [1.29, 1.82) is 0 Å². The summed E-state index contributed by atoms with van der Waals surface area (Å²) in [6.45, 7) is 0. The molecule has 1 aliphatic heterocycles. The summed E-state index contributed by atoms with van der Waals surface area (Å²) in [5, 5.41) is 0. The van der Waals surface area contributed by atoms with Crippen LogP contribution in [-0.4, -0.2) is 18.1 Å². The van der Waals surface area contributed by atoms with Crippen LogP contribution in [0.25, 0.3) is 0 Å². The summed E-state index contributed by atoms with van der Waals surface area (Å²) >= 11 is 0. The highest BCUT2D eigenvalue weighted by Gasteiger charge is 2.28. The Labute approximate surface area is 89.2 Å². The molecule has 3 heteroatoms. The molecule has 2 atom stereocenters. The Bertz CT molecular complexity index is 337. The van der Waals surface area contributed by atoms with E-state index in [1.54, 1.807) is 0 Å². The number of esters is 1. The van der Waals surface area contributed by atoms with Crippen LogP contribution in [0.1, 0.15) is 18.4 Å². The predicted octanol–water partition coefficient (Wildman–Crippen LogP) is 1.26. The molecule has 0 unspecified atom stereocenters. The summed E-state index contributed by atoms with van der Waals surface area (Å²) in [7, 11) is 0. The van der Waals surface area contributed by atoms with E-state index in [4.69, 9.17) is 10.5 Å². The number of carbonyl (C=O) groups excluding carboxylic acids is 1. The van der Waals surface area contributed by atoms with Crippen molar-refractivity contribution >= 4 is 5.97 Å². The van der Waals surface area contributed by atoms with Crippen LogP contribution < -0.4 is 5.73 Å². The maximum atomic E-state index is 10.9. The van der Waals surface area contributed by atoms with Gasteiger partial charge in [0.25, 0.3) is 0 Å². The molecule has 80 valence electrons. The fourth-order valence-corrected chi connectivity index (χ4v) is 1.87. The molecule has 1 fully saturated rings. The molecule has 0 amide bonds. The molecule has 0 saturated carbocycles. The minimum absolute atomic E-state index is 0.0844. The second-order valence-corrected chi connectivity index (χ2v) is 3.92. The van der Waals surface area contributed by atoms with Gasteiger partial charge in [-0.25, -0.2) is 0 Å². The molecule has 1 aliphatic rings. The van der Waals surface area contributed by atoms with E-state index in [0.29, 0.717) is 6.42 Å². The number of hydrogen-bond acceptors (Lipinski definition) is 3. The summed E-state index contributed by atoms with van der Waals surface area (Å²) in [4.78, 5) is 10.9. The van der Waals surface area contributed by atoms with Gasteiger partial charge in [-0.15, -0.1) is 0 Å². The highest BCUT2D eigenvalue weighted by Crippen LogP contribution is 2.18. The average Bonchev–Trinajstić information content (AvgIpc) is 2.66. The number of cyclic esters (lactones) is 1. The minimum atomic E-state index is -0.122. The molecule has 3 nitrogen and oxygen atoms in total. The molecule has 15 heavy (non-hydrogen) atoms. The molecule has 2 rings (SSSR count). The molecule has 0 aromatic heterocycles. The fraction of sp³-hybridized carbons (Fsp3) is 0.417. The molecule has 2 N–H and O–H groups in total. The molecule has 0 spiro atoms. The van der Waals surface area contributed by atoms with Crippen LogP contribution in [0.5, 0.6) is 0 Å². The smallest absolute Gasteiger partial charge is 0.306 e. The van der Waals surface area contributed by atoms with Crippen LogP contribution in [0, 0.1) is 0 Å². The van der Waals surface area contributed by atoms with Gasteiger partial charge in [-0.05, 0) is 18.4 Å². The van der Waals surface area contributed by atoms with Gasteiger partial charge in [-0.1, -0.05) is 30.3 Å². The number of rotatable bonds is 3. The van der Waals surface area contributed by atoms with Gasteiger partial charge in [0.1, 0.15) is 6.10 Å². The number of carbonyl (C=O) groups is 1. The van der Waals surface area contributed by atoms with Gasteiger partial charge in [-0.2, -0.15) is 0 Å². The first-order valence-corrected chi connectivity index (χ1v) is 5.24. The molecule has 1 aromatic carbocycles. The van der Waals surface area contributed by atoms with E-state index < -0.39 is 0 Å². The summed E-state index contributed by atoms with van der Waals surface area (Å²) in [6, 6.07) is 9.95. The van der Waals surface area contributed by atoms with E-state index >= 15 is 0 Å². The summed E-state index contributed by atoms with van der Waals surface area (Å²) in [5.74, 6) is -0.122. The van der Waals surface area contributed by atoms with Crippen molar-refractivity contribution < 1.29 is 9.53 Å². The Kier molecular flexibility index (Phi) is 3.02. The molecule has 0 aliphatic carbocycles. The number of nitrogens with two attached hydrogens (primary N) is 1. The van der Waals surface area contributed by atoms with Crippen LogP contribution in [0.2, 0.25) is 0 Å². The van der Waals surface area contributed by atoms with Crippen LogP contribution in [-0.2, 0) is 16.0 Å². The Morgan fingerprint density at radius 2 is 2.13 bits per heavy atom. The van der Waals surface area contributed by atoms with E-state index in [9.17, 15) is 4.79 Å². The highest BCUT2D eigenvalue weighted by atomic mass is 16.5. The van der Waals surface area contributed by atoms with Crippen molar-refractivity contribution in [2.24, 2.45) is 5.73 Å². The van der Waals surface area contributed by atoms with Gasteiger partial charge < -0.3 is 10.5 Å². The van der Waals surface area contributed by atoms with Gasteiger partial charge in [0.05, 0.1) is 0 Å². The highest BCUT2D eigenvalue weighted by molar-refractivity contribution is 5.71. The van der Waals surface area contributed by atoms with Gasteiger partial charge in [0, 0.05) is 12.5 Å². The largest absolute Gasteiger partial charge is 0.461 e. The molecule has 1 heterocycles. The van der Waals surface area contributed by atoms with E-state index in [1.165, 1.54) is 5.56 Å². The zero-order chi connectivity index (χ0) is 10.7.